The van der Waals surface area contributed by atoms with Gasteiger partial charge in [0, 0.05) is 92.7 Å². The van der Waals surface area contributed by atoms with E-state index in [2.05, 4.69) is 43.1 Å². The van der Waals surface area contributed by atoms with Gasteiger partial charge in [-0.1, -0.05) is 18.2 Å². The number of carbonyl (C=O) groups excluding carboxylic acids is 1. The number of anilines is 2. The molecule has 1 aromatic carbocycles. The number of nitrogens with zero attached hydrogens (tertiary/aromatic N) is 4. The number of amides is 1. The molecule has 2 aromatic heterocycles. The maximum absolute atomic E-state index is 14.1. The number of aromatic nitrogens is 2. The lowest BCUT2D eigenvalue weighted by Crippen LogP contribution is -2.49. The fourth-order valence-electron chi connectivity index (χ4n) is 6.29. The first-order chi connectivity index (χ1) is 20.1. The van der Waals surface area contributed by atoms with Gasteiger partial charge in [-0.25, -0.2) is 9.99 Å². The zero-order valence-corrected chi connectivity index (χ0v) is 23.6. The molecule has 5 N–H and O–H groups in total. The van der Waals surface area contributed by atoms with Gasteiger partial charge in [0.1, 0.15) is 5.82 Å². The molecule has 6 rings (SSSR count). The van der Waals surface area contributed by atoms with E-state index in [1.54, 1.807) is 16.0 Å². The molecule has 1 fully saturated rings. The molecule has 42 heavy (non-hydrogen) atoms. The number of alkyl halides is 3. The summed E-state index contributed by atoms with van der Waals surface area (Å²) >= 11 is 0. The zero-order chi connectivity index (χ0) is 29.4. The van der Waals surface area contributed by atoms with Gasteiger partial charge in [0.2, 0.25) is 5.91 Å². The van der Waals surface area contributed by atoms with Crippen LogP contribution in [0.2, 0.25) is 0 Å². The number of halogens is 3. The van der Waals surface area contributed by atoms with Crippen molar-refractivity contribution in [2.24, 2.45) is 0 Å². The largest absolute Gasteiger partial charge is 0.433 e. The molecule has 1 saturated heterocycles. The Morgan fingerprint density at radius 3 is 2.71 bits per heavy atom. The summed E-state index contributed by atoms with van der Waals surface area (Å²) in [5, 5.41) is 19.9. The summed E-state index contributed by atoms with van der Waals surface area (Å²) in [5.41, 5.74) is 6.26. The van der Waals surface area contributed by atoms with Crippen molar-refractivity contribution >= 4 is 28.3 Å². The Morgan fingerprint density at radius 1 is 1.17 bits per heavy atom. The third-order valence-corrected chi connectivity index (χ3v) is 8.48. The minimum absolute atomic E-state index is 0.00366. The number of hydrogen-bond acceptors (Lipinski definition) is 8. The summed E-state index contributed by atoms with van der Waals surface area (Å²) in [6.07, 6.45) is -3.13. The van der Waals surface area contributed by atoms with Crippen LogP contribution in [0.3, 0.4) is 0 Å². The number of β-amino-alcohol motifs (C(OH)–C–C–N with tert-alkyl or cyclic N) is 1. The molecule has 10 nitrogen and oxygen atoms in total. The molecule has 1 atom stereocenters. The Morgan fingerprint density at radius 2 is 1.95 bits per heavy atom. The minimum Gasteiger partial charge on any atom is -0.390 e. The average Bonchev–Trinajstić information content (AvgIpc) is 3.33. The highest BCUT2D eigenvalue weighted by atomic mass is 19.4. The fourth-order valence-corrected chi connectivity index (χ4v) is 6.29. The summed E-state index contributed by atoms with van der Waals surface area (Å²) in [6.45, 7) is 5.13. The number of likely N-dealkylation sites (tertiary alicyclic amines) is 1. The number of fused-ring (bicyclic) bond motifs is 4. The number of nitrogens with one attached hydrogen (secondary N) is 4. The number of hydrogen-bond donors (Lipinski definition) is 5. The van der Waals surface area contributed by atoms with Crippen LogP contribution in [-0.4, -0.2) is 87.3 Å². The van der Waals surface area contributed by atoms with E-state index in [-0.39, 0.29) is 43.1 Å². The first kappa shape index (κ1) is 28.7. The smallest absolute Gasteiger partial charge is 0.390 e. The molecule has 0 unspecified atom stereocenters. The van der Waals surface area contributed by atoms with E-state index in [1.807, 2.05) is 12.1 Å². The summed E-state index contributed by atoms with van der Waals surface area (Å²) in [6, 6.07) is 9.82. The van der Waals surface area contributed by atoms with Crippen LogP contribution < -0.4 is 16.1 Å². The number of hydrazine groups is 1. The van der Waals surface area contributed by atoms with Gasteiger partial charge in [-0.3, -0.25) is 15.1 Å². The molecule has 13 heteroatoms. The number of aliphatic hydroxyl groups is 1. The SMILES string of the molecule is CC(=O)N1CCC(Nc2cc3c(c(C(F)(F)F)n2)CN(NC[C@@H](O)CN2CCc4c([nH]c5ccccc45)C2)CN3)CC1. The molecular weight excluding hydrogens is 549 g/mol. The molecule has 0 saturated carbocycles. The molecule has 0 aliphatic carbocycles. The molecule has 3 aliphatic rings. The van der Waals surface area contributed by atoms with Gasteiger partial charge in [0.25, 0.3) is 0 Å². The van der Waals surface area contributed by atoms with E-state index in [0.29, 0.717) is 44.7 Å². The van der Waals surface area contributed by atoms with Gasteiger partial charge in [-0.2, -0.15) is 13.2 Å². The highest BCUT2D eigenvalue weighted by Crippen LogP contribution is 2.37. The molecule has 0 spiro atoms. The number of pyridine rings is 1. The van der Waals surface area contributed by atoms with Crippen LogP contribution in [0, 0.1) is 0 Å². The van der Waals surface area contributed by atoms with E-state index >= 15 is 0 Å². The van der Waals surface area contributed by atoms with Crippen LogP contribution in [0.1, 0.15) is 42.3 Å². The van der Waals surface area contributed by atoms with Crippen molar-refractivity contribution < 1.29 is 23.1 Å². The lowest BCUT2D eigenvalue weighted by atomic mass is 10.0. The number of aromatic amines is 1. The molecule has 0 bridgehead atoms. The summed E-state index contributed by atoms with van der Waals surface area (Å²) < 4.78 is 42.3. The minimum atomic E-state index is -4.63. The normalized spacial score (nSPS) is 19.3. The lowest BCUT2D eigenvalue weighted by molar-refractivity contribution is -0.142. The first-order valence-corrected chi connectivity index (χ1v) is 14.5. The van der Waals surface area contributed by atoms with Gasteiger partial charge in [0.05, 0.1) is 12.8 Å². The van der Waals surface area contributed by atoms with Crippen molar-refractivity contribution in [2.45, 2.75) is 57.6 Å². The third-order valence-electron chi connectivity index (χ3n) is 8.48. The Balaban J connectivity index is 1.05. The van der Waals surface area contributed by atoms with E-state index in [1.165, 1.54) is 23.6 Å². The molecule has 0 radical (unpaired) electrons. The van der Waals surface area contributed by atoms with Crippen LogP contribution >= 0.6 is 0 Å². The molecular formula is C29H37F3N8O2. The quantitative estimate of drug-likeness (QED) is 0.287. The molecule has 1 amide bonds. The number of rotatable bonds is 7. The number of benzene rings is 1. The van der Waals surface area contributed by atoms with Crippen molar-refractivity contribution in [3.63, 3.8) is 0 Å². The lowest BCUT2D eigenvalue weighted by Gasteiger charge is -2.34. The van der Waals surface area contributed by atoms with Crippen LogP contribution in [0.15, 0.2) is 30.3 Å². The van der Waals surface area contributed by atoms with Crippen molar-refractivity contribution in [2.75, 3.05) is 50.0 Å². The van der Waals surface area contributed by atoms with Gasteiger partial charge < -0.3 is 25.6 Å². The second-order valence-electron chi connectivity index (χ2n) is 11.5. The topological polar surface area (TPSA) is 112 Å². The number of carbonyl (C=O) groups is 1. The Kier molecular flexibility index (Phi) is 8.01. The van der Waals surface area contributed by atoms with E-state index < -0.39 is 18.0 Å². The number of H-pyrrole nitrogens is 1. The summed E-state index contributed by atoms with van der Waals surface area (Å²) in [7, 11) is 0. The predicted molar refractivity (Wildman–Crippen MR) is 153 cm³/mol. The Bertz CT molecular complexity index is 1440. The van der Waals surface area contributed by atoms with Gasteiger partial charge in [-0.15, -0.1) is 0 Å². The van der Waals surface area contributed by atoms with Gasteiger partial charge in [0.15, 0.2) is 5.69 Å². The van der Waals surface area contributed by atoms with Crippen LogP contribution in [0.5, 0.6) is 0 Å². The predicted octanol–water partition coefficient (Wildman–Crippen LogP) is 3.11. The molecule has 5 heterocycles. The van der Waals surface area contributed by atoms with Crippen LogP contribution in [0.4, 0.5) is 24.7 Å². The Labute approximate surface area is 242 Å². The van der Waals surface area contributed by atoms with Crippen LogP contribution in [-0.2, 0) is 30.5 Å². The number of aliphatic hydroxyl groups excluding tert-OH is 1. The highest BCUT2D eigenvalue weighted by Gasteiger charge is 2.39. The molecule has 226 valence electrons. The van der Waals surface area contributed by atoms with Crippen molar-refractivity contribution in [1.29, 1.82) is 0 Å². The standard InChI is InChI=1S/C29H37F3N8O2/c1-18(41)39-10-6-19(7-11-39)35-27-12-25-23(28(37-27)29(30,31)32)15-40(17-33-25)34-13-20(42)14-38-9-8-22-21-4-2-3-5-24(21)36-26(22)16-38/h2-5,12,19-20,33-34,36,42H,6-11,13-17H2,1H3,(H,35,37)/t20-/m1/s1. The Hall–Kier alpha value is -3.39. The first-order valence-electron chi connectivity index (χ1n) is 14.5. The average molecular weight is 587 g/mol. The van der Waals surface area contributed by atoms with E-state index in [9.17, 15) is 23.1 Å². The van der Waals surface area contributed by atoms with E-state index in [0.717, 1.165) is 18.5 Å². The monoisotopic (exact) mass is 586 g/mol. The highest BCUT2D eigenvalue weighted by molar-refractivity contribution is 5.84. The molecule has 3 aromatic rings. The number of para-hydroxylation sites is 1. The van der Waals surface area contributed by atoms with Crippen LogP contribution in [0.25, 0.3) is 10.9 Å². The summed E-state index contributed by atoms with van der Waals surface area (Å²) in [5.74, 6) is 0.177. The van der Waals surface area contributed by atoms with Gasteiger partial charge >= 0.3 is 6.18 Å². The van der Waals surface area contributed by atoms with Crippen molar-refractivity contribution in [3.05, 3.63) is 52.8 Å². The third kappa shape index (κ3) is 6.19. The summed E-state index contributed by atoms with van der Waals surface area (Å²) in [4.78, 5) is 23.0. The van der Waals surface area contributed by atoms with Crippen molar-refractivity contribution in [1.82, 2.24) is 30.2 Å². The fraction of sp³-hybridized carbons (Fsp3) is 0.517. The maximum Gasteiger partial charge on any atom is 0.433 e. The van der Waals surface area contributed by atoms with Crippen molar-refractivity contribution in [3.8, 4) is 0 Å². The number of piperidine rings is 1. The second kappa shape index (κ2) is 11.7. The molecule has 3 aliphatic heterocycles. The van der Waals surface area contributed by atoms with E-state index in [4.69, 9.17) is 0 Å². The van der Waals surface area contributed by atoms with Gasteiger partial charge in [-0.05, 0) is 30.9 Å². The zero-order valence-electron chi connectivity index (χ0n) is 23.6. The second-order valence-corrected chi connectivity index (χ2v) is 11.5. The maximum atomic E-state index is 14.1.